The summed E-state index contributed by atoms with van der Waals surface area (Å²) < 4.78 is 12.9. The van der Waals surface area contributed by atoms with Crippen LogP contribution in [0.15, 0.2) is 47.1 Å². The Kier molecular flexibility index (Phi) is 5.84. The van der Waals surface area contributed by atoms with Crippen LogP contribution in [0.1, 0.15) is 25.8 Å². The Morgan fingerprint density at radius 1 is 1.28 bits per heavy atom. The standard InChI is InChI=1S/C23H19ClN4O4/c1-13(2)31-20-6-4-15(9-16(20)11-25)23-26-22(27-32-23)14-3-5-19-17(10-14)18(24)12-28(19)8-7-21(29)30/h3-6,9-10,12-13H,7-8H2,1-2H3,(H,29,30). The van der Waals surface area contributed by atoms with E-state index in [0.717, 1.165) is 10.9 Å². The van der Waals surface area contributed by atoms with E-state index in [2.05, 4.69) is 16.2 Å². The first-order valence-electron chi connectivity index (χ1n) is 9.91. The summed E-state index contributed by atoms with van der Waals surface area (Å²) in [7, 11) is 0. The average Bonchev–Trinajstić information content (AvgIpc) is 3.37. The van der Waals surface area contributed by atoms with E-state index in [4.69, 9.17) is 26.0 Å². The van der Waals surface area contributed by atoms with E-state index in [1.807, 2.05) is 32.0 Å². The van der Waals surface area contributed by atoms with Crippen molar-refractivity contribution < 1.29 is 19.2 Å². The molecule has 8 nitrogen and oxygen atoms in total. The molecule has 0 unspecified atom stereocenters. The Bertz CT molecular complexity index is 1350. The summed E-state index contributed by atoms with van der Waals surface area (Å²) in [6, 6.07) is 12.8. The van der Waals surface area contributed by atoms with E-state index < -0.39 is 5.97 Å². The zero-order chi connectivity index (χ0) is 22.8. The van der Waals surface area contributed by atoms with Crippen molar-refractivity contribution in [2.75, 3.05) is 0 Å². The largest absolute Gasteiger partial charge is 0.490 e. The Hall–Kier alpha value is -3.83. The van der Waals surface area contributed by atoms with Gasteiger partial charge in [0.15, 0.2) is 0 Å². The zero-order valence-electron chi connectivity index (χ0n) is 17.4. The van der Waals surface area contributed by atoms with Crippen molar-refractivity contribution in [3.8, 4) is 34.7 Å². The normalized spacial score (nSPS) is 11.1. The summed E-state index contributed by atoms with van der Waals surface area (Å²) in [5.41, 5.74) is 2.51. The SMILES string of the molecule is CC(C)Oc1ccc(-c2nc(-c3ccc4c(c3)c(Cl)cn4CCC(=O)O)no2)cc1C#N. The Balaban J connectivity index is 1.64. The third-order valence-electron chi connectivity index (χ3n) is 4.79. The Labute approximate surface area is 188 Å². The summed E-state index contributed by atoms with van der Waals surface area (Å²) in [6.45, 7) is 4.10. The molecule has 0 radical (unpaired) electrons. The third-order valence-corrected chi connectivity index (χ3v) is 5.09. The van der Waals surface area contributed by atoms with Crippen molar-refractivity contribution in [2.45, 2.75) is 32.9 Å². The van der Waals surface area contributed by atoms with Gasteiger partial charge in [-0.1, -0.05) is 16.8 Å². The number of benzene rings is 2. The maximum atomic E-state index is 10.9. The van der Waals surface area contributed by atoms with Gasteiger partial charge < -0.3 is 18.9 Å². The number of carboxylic acids is 1. The highest BCUT2D eigenvalue weighted by Gasteiger charge is 2.16. The number of nitrogens with zero attached hydrogens (tertiary/aromatic N) is 4. The number of hydrogen-bond donors (Lipinski definition) is 1. The van der Waals surface area contributed by atoms with Crippen LogP contribution in [0.3, 0.4) is 0 Å². The molecular weight excluding hydrogens is 432 g/mol. The van der Waals surface area contributed by atoms with Crippen LogP contribution in [0.5, 0.6) is 5.75 Å². The molecule has 0 fully saturated rings. The molecule has 162 valence electrons. The molecule has 0 spiro atoms. The summed E-state index contributed by atoms with van der Waals surface area (Å²) in [5, 5.41) is 23.7. The highest BCUT2D eigenvalue weighted by Crippen LogP contribution is 2.32. The van der Waals surface area contributed by atoms with Crippen molar-refractivity contribution >= 4 is 28.5 Å². The molecule has 2 aromatic heterocycles. The highest BCUT2D eigenvalue weighted by atomic mass is 35.5. The van der Waals surface area contributed by atoms with Crippen molar-refractivity contribution in [3.63, 3.8) is 0 Å². The number of aliphatic carboxylic acids is 1. The van der Waals surface area contributed by atoms with Crippen LogP contribution in [-0.4, -0.2) is 31.9 Å². The first-order valence-corrected chi connectivity index (χ1v) is 10.3. The number of aromatic nitrogens is 3. The number of hydrogen-bond acceptors (Lipinski definition) is 6. The van der Waals surface area contributed by atoms with Gasteiger partial charge in [0, 0.05) is 34.8 Å². The predicted molar refractivity (Wildman–Crippen MR) is 118 cm³/mol. The number of ether oxygens (including phenoxy) is 1. The van der Waals surface area contributed by atoms with Crippen molar-refractivity contribution in [2.24, 2.45) is 0 Å². The summed E-state index contributed by atoms with van der Waals surface area (Å²) in [5.74, 6) is 0.274. The molecule has 0 aliphatic rings. The molecule has 0 aliphatic carbocycles. The fourth-order valence-electron chi connectivity index (χ4n) is 3.36. The number of halogens is 1. The van der Waals surface area contributed by atoms with E-state index in [0.29, 0.717) is 39.8 Å². The van der Waals surface area contributed by atoms with Crippen molar-refractivity contribution in [1.29, 1.82) is 5.26 Å². The molecule has 1 N–H and O–H groups in total. The van der Waals surface area contributed by atoms with Gasteiger partial charge in [-0.15, -0.1) is 0 Å². The molecule has 4 rings (SSSR count). The maximum absolute atomic E-state index is 10.9. The van der Waals surface area contributed by atoms with Crippen LogP contribution in [0.2, 0.25) is 5.02 Å². The smallest absolute Gasteiger partial charge is 0.305 e. The molecule has 0 aliphatic heterocycles. The van der Waals surface area contributed by atoms with Crippen LogP contribution >= 0.6 is 11.6 Å². The van der Waals surface area contributed by atoms with Crippen LogP contribution < -0.4 is 4.74 Å². The lowest BCUT2D eigenvalue weighted by Crippen LogP contribution is -2.06. The number of aryl methyl sites for hydroxylation is 1. The topological polar surface area (TPSA) is 114 Å². The lowest BCUT2D eigenvalue weighted by Gasteiger charge is -2.11. The summed E-state index contributed by atoms with van der Waals surface area (Å²) in [6.07, 6.45) is 1.66. The van der Waals surface area contributed by atoms with E-state index in [1.54, 1.807) is 29.0 Å². The van der Waals surface area contributed by atoms with E-state index in [1.165, 1.54) is 0 Å². The second kappa shape index (κ2) is 8.73. The second-order valence-electron chi connectivity index (χ2n) is 7.46. The van der Waals surface area contributed by atoms with Gasteiger partial charge in [0.05, 0.1) is 23.1 Å². The summed E-state index contributed by atoms with van der Waals surface area (Å²) in [4.78, 5) is 15.3. The van der Waals surface area contributed by atoms with Gasteiger partial charge in [-0.25, -0.2) is 0 Å². The minimum absolute atomic E-state index is 0.00173. The molecule has 0 bridgehead atoms. The van der Waals surface area contributed by atoms with Crippen molar-refractivity contribution in [3.05, 3.63) is 53.2 Å². The maximum Gasteiger partial charge on any atom is 0.305 e. The number of fused-ring (bicyclic) bond motifs is 1. The molecule has 32 heavy (non-hydrogen) atoms. The average molecular weight is 451 g/mol. The molecule has 2 aromatic carbocycles. The Morgan fingerprint density at radius 3 is 2.78 bits per heavy atom. The van der Waals surface area contributed by atoms with Gasteiger partial charge in [-0.3, -0.25) is 4.79 Å². The lowest BCUT2D eigenvalue weighted by atomic mass is 10.1. The molecule has 4 aromatic rings. The second-order valence-corrected chi connectivity index (χ2v) is 7.87. The van der Waals surface area contributed by atoms with E-state index in [9.17, 15) is 10.1 Å². The monoisotopic (exact) mass is 450 g/mol. The molecule has 0 saturated carbocycles. The summed E-state index contributed by atoms with van der Waals surface area (Å²) >= 11 is 6.36. The minimum Gasteiger partial charge on any atom is -0.490 e. The number of rotatable bonds is 7. The van der Waals surface area contributed by atoms with Gasteiger partial charge in [0.1, 0.15) is 11.8 Å². The number of carbonyl (C=O) groups is 1. The lowest BCUT2D eigenvalue weighted by molar-refractivity contribution is -0.137. The number of nitriles is 1. The highest BCUT2D eigenvalue weighted by molar-refractivity contribution is 6.35. The van der Waals surface area contributed by atoms with E-state index in [-0.39, 0.29) is 18.4 Å². The van der Waals surface area contributed by atoms with Gasteiger partial charge in [0.2, 0.25) is 5.82 Å². The third kappa shape index (κ3) is 4.29. The van der Waals surface area contributed by atoms with Crippen LogP contribution in [0, 0.1) is 11.3 Å². The fourth-order valence-corrected chi connectivity index (χ4v) is 3.63. The molecular formula is C23H19ClN4O4. The first-order chi connectivity index (χ1) is 15.4. The van der Waals surface area contributed by atoms with Crippen LogP contribution in [0.4, 0.5) is 0 Å². The molecule has 2 heterocycles. The van der Waals surface area contributed by atoms with E-state index >= 15 is 0 Å². The van der Waals surface area contributed by atoms with Crippen molar-refractivity contribution in [1.82, 2.24) is 14.7 Å². The van der Waals surface area contributed by atoms with Gasteiger partial charge in [-0.05, 0) is 50.2 Å². The molecule has 9 heteroatoms. The Morgan fingerprint density at radius 2 is 2.06 bits per heavy atom. The minimum atomic E-state index is -0.873. The number of carboxylic acid groups (broad SMARTS) is 1. The van der Waals surface area contributed by atoms with Gasteiger partial charge >= 0.3 is 5.97 Å². The fraction of sp³-hybridized carbons (Fsp3) is 0.217. The first kappa shape index (κ1) is 21.4. The molecule has 0 amide bonds. The van der Waals surface area contributed by atoms with Crippen LogP contribution in [-0.2, 0) is 11.3 Å². The van der Waals surface area contributed by atoms with Crippen LogP contribution in [0.25, 0.3) is 33.7 Å². The molecule has 0 atom stereocenters. The predicted octanol–water partition coefficient (Wildman–Crippen LogP) is 5.15. The van der Waals surface area contributed by atoms with Gasteiger partial charge in [-0.2, -0.15) is 10.2 Å². The zero-order valence-corrected chi connectivity index (χ0v) is 18.1. The molecule has 0 saturated heterocycles. The quantitative estimate of drug-likeness (QED) is 0.414. The van der Waals surface area contributed by atoms with Gasteiger partial charge in [0.25, 0.3) is 5.89 Å².